The topological polar surface area (TPSA) is 61.8 Å². The number of amidine groups is 1. The molecule has 0 aliphatic rings. The lowest BCUT2D eigenvalue weighted by Crippen LogP contribution is -2.32. The minimum absolute atomic E-state index is 0.0156. The van der Waals surface area contributed by atoms with Crippen LogP contribution in [0.25, 0.3) is 0 Å². The van der Waals surface area contributed by atoms with Crippen LogP contribution in [0.1, 0.15) is 19.8 Å². The standard InChI is InChI=1S/C16H27N3O2S2/c1-7-13(15(21)19(4)5)8-9-18-16(17-3)23-12(2)10-14(11-20)22-6/h10-11,13H,2,7-9H2,1,3-6H3,(H,17,18)/b14-10-. The molecule has 1 atom stereocenters. The lowest BCUT2D eigenvalue weighted by Gasteiger charge is -2.19. The van der Waals surface area contributed by atoms with Gasteiger partial charge in [0.05, 0.1) is 0 Å². The Bertz CT molecular complexity index is 474. The lowest BCUT2D eigenvalue weighted by atomic mass is 10.0. The van der Waals surface area contributed by atoms with Gasteiger partial charge in [-0.05, 0) is 25.2 Å². The second-order valence-corrected chi connectivity index (χ2v) is 7.01. The smallest absolute Gasteiger partial charge is 0.225 e. The zero-order valence-electron chi connectivity index (χ0n) is 14.6. The lowest BCUT2D eigenvalue weighted by molar-refractivity contribution is -0.133. The summed E-state index contributed by atoms with van der Waals surface area (Å²) < 4.78 is 0. The molecule has 0 aromatic carbocycles. The second-order valence-electron chi connectivity index (χ2n) is 5.02. The number of allylic oxidation sites excluding steroid dienone is 2. The number of carbonyl (C=O) groups excluding carboxylic acids is 2. The van der Waals surface area contributed by atoms with Crippen LogP contribution in [-0.4, -0.2) is 56.2 Å². The van der Waals surface area contributed by atoms with Crippen molar-refractivity contribution in [1.82, 2.24) is 10.2 Å². The molecule has 0 aromatic heterocycles. The summed E-state index contributed by atoms with van der Waals surface area (Å²) >= 11 is 2.76. The fourth-order valence-corrected chi connectivity index (χ4v) is 2.97. The zero-order chi connectivity index (χ0) is 17.8. The summed E-state index contributed by atoms with van der Waals surface area (Å²) in [7, 11) is 5.25. The van der Waals surface area contributed by atoms with E-state index >= 15 is 0 Å². The Morgan fingerprint density at radius 2 is 2.09 bits per heavy atom. The molecule has 5 nitrogen and oxygen atoms in total. The predicted molar refractivity (Wildman–Crippen MR) is 103 cm³/mol. The van der Waals surface area contributed by atoms with Crippen LogP contribution in [0.5, 0.6) is 0 Å². The number of carbonyl (C=O) groups is 2. The van der Waals surface area contributed by atoms with Crippen LogP contribution in [0.4, 0.5) is 0 Å². The van der Waals surface area contributed by atoms with Crippen molar-refractivity contribution in [1.29, 1.82) is 0 Å². The third-order valence-electron chi connectivity index (χ3n) is 3.14. The van der Waals surface area contributed by atoms with E-state index in [9.17, 15) is 9.59 Å². The Hall–Kier alpha value is -1.21. The fourth-order valence-electron chi connectivity index (χ4n) is 1.83. The highest BCUT2D eigenvalue weighted by atomic mass is 32.2. The molecule has 1 amide bonds. The molecule has 7 heteroatoms. The molecule has 0 bridgehead atoms. The van der Waals surface area contributed by atoms with Crippen LogP contribution in [0.3, 0.4) is 0 Å². The summed E-state index contributed by atoms with van der Waals surface area (Å²) in [5, 5.41) is 3.95. The monoisotopic (exact) mass is 357 g/mol. The third kappa shape index (κ3) is 8.86. The molecular weight excluding hydrogens is 330 g/mol. The van der Waals surface area contributed by atoms with E-state index in [2.05, 4.69) is 16.9 Å². The Morgan fingerprint density at radius 3 is 2.52 bits per heavy atom. The molecule has 1 N–H and O–H groups in total. The molecule has 1 unspecified atom stereocenters. The maximum atomic E-state index is 12.0. The first kappa shape index (κ1) is 21.8. The average molecular weight is 358 g/mol. The SMILES string of the molecule is C=C(/C=C(/C=O)SC)SC(=NC)NCCC(CC)C(=O)N(C)C. The average Bonchev–Trinajstić information content (AvgIpc) is 2.54. The van der Waals surface area contributed by atoms with Crippen LogP contribution in [0, 0.1) is 5.92 Å². The first-order valence-electron chi connectivity index (χ1n) is 7.38. The molecule has 0 fully saturated rings. The Labute approximate surface area is 148 Å². The fraction of sp³-hybridized carbons (Fsp3) is 0.562. The molecule has 0 saturated heterocycles. The van der Waals surface area contributed by atoms with Crippen LogP contribution >= 0.6 is 23.5 Å². The van der Waals surface area contributed by atoms with Crippen LogP contribution in [0.15, 0.2) is 27.5 Å². The van der Waals surface area contributed by atoms with Gasteiger partial charge in [0.15, 0.2) is 11.5 Å². The van der Waals surface area contributed by atoms with Gasteiger partial charge in [0.1, 0.15) is 0 Å². The number of aldehydes is 1. The molecule has 0 saturated carbocycles. The van der Waals surface area contributed by atoms with E-state index < -0.39 is 0 Å². The second kappa shape index (κ2) is 12.2. The molecule has 0 aromatic rings. The van der Waals surface area contributed by atoms with Crippen LogP contribution in [0.2, 0.25) is 0 Å². The minimum atomic E-state index is 0.0156. The Morgan fingerprint density at radius 1 is 1.43 bits per heavy atom. The summed E-state index contributed by atoms with van der Waals surface area (Å²) in [4.78, 5) is 30.0. The van der Waals surface area contributed by atoms with Crippen molar-refractivity contribution in [3.8, 4) is 0 Å². The molecule has 0 aliphatic carbocycles. The Balaban J connectivity index is 4.46. The highest BCUT2D eigenvalue weighted by Crippen LogP contribution is 2.20. The molecule has 130 valence electrons. The van der Waals surface area contributed by atoms with E-state index in [-0.39, 0.29) is 11.8 Å². The molecule has 0 heterocycles. The predicted octanol–water partition coefficient (Wildman–Crippen LogP) is 2.76. The van der Waals surface area contributed by atoms with Gasteiger partial charge in [-0.1, -0.05) is 25.3 Å². The van der Waals surface area contributed by atoms with Gasteiger partial charge in [0.25, 0.3) is 0 Å². The van der Waals surface area contributed by atoms with Gasteiger partial charge >= 0.3 is 0 Å². The van der Waals surface area contributed by atoms with E-state index in [0.717, 1.165) is 29.2 Å². The van der Waals surface area contributed by atoms with Gasteiger partial charge in [0.2, 0.25) is 5.91 Å². The highest BCUT2D eigenvalue weighted by Gasteiger charge is 2.17. The molecule has 0 rings (SSSR count). The van der Waals surface area contributed by atoms with Crippen molar-refractivity contribution >= 4 is 40.9 Å². The minimum Gasteiger partial charge on any atom is -0.365 e. The van der Waals surface area contributed by atoms with Crippen molar-refractivity contribution in [3.05, 3.63) is 22.5 Å². The highest BCUT2D eigenvalue weighted by molar-refractivity contribution is 8.17. The molecular formula is C16H27N3O2S2. The van der Waals surface area contributed by atoms with Crippen molar-refractivity contribution in [3.63, 3.8) is 0 Å². The normalized spacial score (nSPS) is 13.4. The molecule has 23 heavy (non-hydrogen) atoms. The van der Waals surface area contributed by atoms with Crippen molar-refractivity contribution < 1.29 is 9.59 Å². The summed E-state index contributed by atoms with van der Waals surface area (Å²) in [6.45, 7) is 6.61. The van der Waals surface area contributed by atoms with Gasteiger partial charge in [-0.25, -0.2) is 0 Å². The van der Waals surface area contributed by atoms with E-state index in [1.165, 1.54) is 23.5 Å². The van der Waals surface area contributed by atoms with Gasteiger partial charge in [-0.2, -0.15) is 0 Å². The number of nitrogens with zero attached hydrogens (tertiary/aromatic N) is 2. The maximum Gasteiger partial charge on any atom is 0.225 e. The van der Waals surface area contributed by atoms with Gasteiger partial charge in [0, 0.05) is 43.4 Å². The first-order chi connectivity index (χ1) is 10.9. The maximum absolute atomic E-state index is 12.0. The van der Waals surface area contributed by atoms with E-state index in [0.29, 0.717) is 11.4 Å². The zero-order valence-corrected chi connectivity index (χ0v) is 16.2. The van der Waals surface area contributed by atoms with Gasteiger partial charge in [-0.3, -0.25) is 14.6 Å². The number of thioether (sulfide) groups is 2. The van der Waals surface area contributed by atoms with Crippen LogP contribution < -0.4 is 5.32 Å². The number of aliphatic imine (C=N–C) groups is 1. The van der Waals surface area contributed by atoms with E-state index in [1.54, 1.807) is 32.1 Å². The molecule has 0 aliphatic heterocycles. The number of rotatable bonds is 9. The molecule has 0 spiro atoms. The summed E-state index contributed by atoms with van der Waals surface area (Å²) in [6.07, 6.45) is 5.96. The number of nitrogens with one attached hydrogen (secondary N) is 1. The van der Waals surface area contributed by atoms with Crippen molar-refractivity contribution in [2.24, 2.45) is 10.9 Å². The number of amides is 1. The van der Waals surface area contributed by atoms with E-state index in [4.69, 9.17) is 0 Å². The van der Waals surface area contributed by atoms with E-state index in [1.807, 2.05) is 13.2 Å². The first-order valence-corrected chi connectivity index (χ1v) is 9.43. The van der Waals surface area contributed by atoms with Crippen molar-refractivity contribution in [2.45, 2.75) is 19.8 Å². The molecule has 0 radical (unpaired) electrons. The summed E-state index contributed by atoms with van der Waals surface area (Å²) in [6, 6.07) is 0. The summed E-state index contributed by atoms with van der Waals surface area (Å²) in [5.74, 6) is 0.168. The quantitative estimate of drug-likeness (QED) is 0.226. The third-order valence-corrected chi connectivity index (χ3v) is 4.72. The Kier molecular flexibility index (Phi) is 11.6. The van der Waals surface area contributed by atoms with Crippen LogP contribution in [-0.2, 0) is 9.59 Å². The van der Waals surface area contributed by atoms with Gasteiger partial charge in [-0.15, -0.1) is 11.8 Å². The largest absolute Gasteiger partial charge is 0.365 e. The number of hydrogen-bond donors (Lipinski definition) is 1. The number of hydrogen-bond acceptors (Lipinski definition) is 5. The van der Waals surface area contributed by atoms with Gasteiger partial charge < -0.3 is 10.2 Å². The van der Waals surface area contributed by atoms with Crippen molar-refractivity contribution in [2.75, 3.05) is 33.9 Å². The summed E-state index contributed by atoms with van der Waals surface area (Å²) in [5.41, 5.74) is 0.